The van der Waals surface area contributed by atoms with Crippen LogP contribution in [0.15, 0.2) is 53.9 Å². The van der Waals surface area contributed by atoms with Crippen molar-refractivity contribution in [2.24, 2.45) is 0 Å². The monoisotopic (exact) mass is 432 g/mol. The summed E-state index contributed by atoms with van der Waals surface area (Å²) in [6.07, 6.45) is 1.59. The molecule has 0 saturated heterocycles. The second-order valence-electron chi connectivity index (χ2n) is 6.15. The maximum absolute atomic E-state index is 12.5. The predicted octanol–water partition coefficient (Wildman–Crippen LogP) is 3.91. The molecule has 7 nitrogen and oxygen atoms in total. The van der Waals surface area contributed by atoms with E-state index >= 15 is 0 Å². The van der Waals surface area contributed by atoms with E-state index in [2.05, 4.69) is 15.5 Å². The van der Waals surface area contributed by atoms with Crippen molar-refractivity contribution in [3.05, 3.63) is 59.4 Å². The number of hydrogen-bond acceptors (Lipinski definition) is 6. The summed E-state index contributed by atoms with van der Waals surface area (Å²) in [4.78, 5) is 12.5. The minimum atomic E-state index is -0.227. The van der Waals surface area contributed by atoms with Crippen LogP contribution in [0.2, 0.25) is 5.02 Å². The zero-order chi connectivity index (χ0) is 20.8. The minimum absolute atomic E-state index is 0.124. The molecule has 0 spiro atoms. The van der Waals surface area contributed by atoms with Gasteiger partial charge in [-0.15, -0.1) is 10.2 Å². The first kappa shape index (κ1) is 21.0. The fourth-order valence-electron chi connectivity index (χ4n) is 2.79. The Morgan fingerprint density at radius 3 is 2.79 bits per heavy atom. The number of nitrogens with zero attached hydrogens (tertiary/aromatic N) is 3. The van der Waals surface area contributed by atoms with E-state index < -0.39 is 0 Å². The van der Waals surface area contributed by atoms with Gasteiger partial charge < -0.3 is 14.8 Å². The van der Waals surface area contributed by atoms with Crippen molar-refractivity contribution < 1.29 is 14.3 Å². The van der Waals surface area contributed by atoms with E-state index in [-0.39, 0.29) is 17.7 Å². The van der Waals surface area contributed by atoms with E-state index in [1.54, 1.807) is 37.2 Å². The number of carbonyl (C=O) groups is 1. The molecule has 1 atom stereocenters. The summed E-state index contributed by atoms with van der Waals surface area (Å²) in [5.74, 6) is 1.42. The smallest absolute Gasteiger partial charge is 0.230 e. The maximum Gasteiger partial charge on any atom is 0.230 e. The number of methoxy groups -OCH3 is 2. The normalized spacial score (nSPS) is 11.7. The van der Waals surface area contributed by atoms with Gasteiger partial charge in [0.05, 0.1) is 31.7 Å². The first-order valence-electron chi connectivity index (χ1n) is 8.82. The van der Waals surface area contributed by atoms with Crippen LogP contribution in [0.25, 0.3) is 5.69 Å². The Morgan fingerprint density at radius 1 is 1.24 bits per heavy atom. The third-order valence-corrected chi connectivity index (χ3v) is 5.40. The summed E-state index contributed by atoms with van der Waals surface area (Å²) < 4.78 is 12.4. The predicted molar refractivity (Wildman–Crippen MR) is 113 cm³/mol. The number of rotatable bonds is 8. The topological polar surface area (TPSA) is 78.3 Å². The molecule has 2 aromatic carbocycles. The Balaban J connectivity index is 1.63. The lowest BCUT2D eigenvalue weighted by Gasteiger charge is -2.18. The quantitative estimate of drug-likeness (QED) is 0.544. The summed E-state index contributed by atoms with van der Waals surface area (Å²) in [7, 11) is 3.18. The highest BCUT2D eigenvalue weighted by molar-refractivity contribution is 7.99. The molecule has 0 aliphatic carbocycles. The molecule has 1 unspecified atom stereocenters. The molecule has 3 aromatic rings. The van der Waals surface area contributed by atoms with Gasteiger partial charge in [-0.2, -0.15) is 0 Å². The zero-order valence-electron chi connectivity index (χ0n) is 16.3. The minimum Gasteiger partial charge on any atom is -0.497 e. The standard InChI is InChI=1S/C20H21ClN4O3S/c1-13(17-8-7-16(27-2)10-18(17)28-3)23-19(26)11-29-20-24-22-12-25(20)15-6-4-5-14(21)9-15/h4-10,12-13H,11H2,1-3H3,(H,23,26). The van der Waals surface area contributed by atoms with Crippen LogP contribution < -0.4 is 14.8 Å². The molecule has 1 heterocycles. The molecular weight excluding hydrogens is 412 g/mol. The molecule has 0 aliphatic heterocycles. The Hall–Kier alpha value is -2.71. The van der Waals surface area contributed by atoms with Crippen LogP contribution >= 0.6 is 23.4 Å². The molecule has 0 bridgehead atoms. The highest BCUT2D eigenvalue weighted by Crippen LogP contribution is 2.29. The van der Waals surface area contributed by atoms with Gasteiger partial charge in [0.15, 0.2) is 5.16 Å². The third kappa shape index (κ3) is 5.21. The summed E-state index contributed by atoms with van der Waals surface area (Å²) in [5.41, 5.74) is 1.70. The van der Waals surface area contributed by atoms with Crippen molar-refractivity contribution in [2.45, 2.75) is 18.1 Å². The van der Waals surface area contributed by atoms with Crippen LogP contribution in [0.5, 0.6) is 11.5 Å². The number of benzene rings is 2. The van der Waals surface area contributed by atoms with Gasteiger partial charge in [0.1, 0.15) is 17.8 Å². The van der Waals surface area contributed by atoms with Crippen LogP contribution in [-0.2, 0) is 4.79 Å². The first-order valence-corrected chi connectivity index (χ1v) is 10.2. The molecule has 1 aromatic heterocycles. The molecule has 1 amide bonds. The lowest BCUT2D eigenvalue weighted by molar-refractivity contribution is -0.119. The van der Waals surface area contributed by atoms with E-state index in [0.29, 0.717) is 21.7 Å². The van der Waals surface area contributed by atoms with E-state index in [4.69, 9.17) is 21.1 Å². The zero-order valence-corrected chi connectivity index (χ0v) is 17.8. The van der Waals surface area contributed by atoms with Gasteiger partial charge in [0, 0.05) is 16.7 Å². The molecule has 0 aliphatic rings. The fourth-order valence-corrected chi connectivity index (χ4v) is 3.72. The average molecular weight is 433 g/mol. The highest BCUT2D eigenvalue weighted by atomic mass is 35.5. The van der Waals surface area contributed by atoms with Crippen LogP contribution in [-0.4, -0.2) is 40.6 Å². The van der Waals surface area contributed by atoms with Gasteiger partial charge in [-0.3, -0.25) is 9.36 Å². The van der Waals surface area contributed by atoms with Crippen molar-refractivity contribution in [1.82, 2.24) is 20.1 Å². The number of halogens is 1. The van der Waals surface area contributed by atoms with Crippen molar-refractivity contribution in [1.29, 1.82) is 0 Å². The molecule has 3 rings (SSSR count). The summed E-state index contributed by atoms with van der Waals surface area (Å²) >= 11 is 7.36. The number of nitrogens with one attached hydrogen (secondary N) is 1. The van der Waals surface area contributed by atoms with Crippen LogP contribution in [0.4, 0.5) is 0 Å². The number of amides is 1. The number of thioether (sulfide) groups is 1. The summed E-state index contributed by atoms with van der Waals surface area (Å²) in [6.45, 7) is 1.90. The number of aromatic nitrogens is 3. The van der Waals surface area contributed by atoms with Crippen LogP contribution in [0.3, 0.4) is 0 Å². The lowest BCUT2D eigenvalue weighted by Crippen LogP contribution is -2.28. The SMILES string of the molecule is COc1ccc(C(C)NC(=O)CSc2nncn2-c2cccc(Cl)c2)c(OC)c1. The average Bonchev–Trinajstić information content (AvgIpc) is 3.20. The van der Waals surface area contributed by atoms with Gasteiger partial charge >= 0.3 is 0 Å². The molecular formula is C20H21ClN4O3S. The van der Waals surface area contributed by atoms with Crippen molar-refractivity contribution >= 4 is 29.3 Å². The fraction of sp³-hybridized carbons (Fsp3) is 0.250. The number of ether oxygens (including phenoxy) is 2. The van der Waals surface area contributed by atoms with Crippen molar-refractivity contribution in [2.75, 3.05) is 20.0 Å². The lowest BCUT2D eigenvalue weighted by atomic mass is 10.1. The van der Waals surface area contributed by atoms with Crippen LogP contribution in [0.1, 0.15) is 18.5 Å². The second-order valence-corrected chi connectivity index (χ2v) is 7.53. The largest absolute Gasteiger partial charge is 0.497 e. The first-order chi connectivity index (χ1) is 14.0. The van der Waals surface area contributed by atoms with Gasteiger partial charge in [-0.25, -0.2) is 0 Å². The Labute approximate surface area is 178 Å². The summed E-state index contributed by atoms with van der Waals surface area (Å²) in [6, 6.07) is 12.6. The van der Waals surface area contributed by atoms with Gasteiger partial charge in [-0.05, 0) is 37.3 Å². The van der Waals surface area contributed by atoms with Crippen molar-refractivity contribution in [3.63, 3.8) is 0 Å². The number of carbonyl (C=O) groups excluding carboxylic acids is 1. The molecule has 0 radical (unpaired) electrons. The van der Waals surface area contributed by atoms with E-state index in [1.165, 1.54) is 11.8 Å². The maximum atomic E-state index is 12.5. The Kier molecular flexibility index (Phi) is 7.00. The Morgan fingerprint density at radius 2 is 2.07 bits per heavy atom. The number of hydrogen-bond donors (Lipinski definition) is 1. The van der Waals surface area contributed by atoms with E-state index in [1.807, 2.05) is 37.3 Å². The van der Waals surface area contributed by atoms with E-state index in [0.717, 1.165) is 11.3 Å². The Bertz CT molecular complexity index is 995. The van der Waals surface area contributed by atoms with E-state index in [9.17, 15) is 4.79 Å². The van der Waals surface area contributed by atoms with Gasteiger partial charge in [0.2, 0.25) is 5.91 Å². The summed E-state index contributed by atoms with van der Waals surface area (Å²) in [5, 5.41) is 12.2. The van der Waals surface area contributed by atoms with Crippen LogP contribution in [0, 0.1) is 0 Å². The molecule has 29 heavy (non-hydrogen) atoms. The molecule has 1 N–H and O–H groups in total. The molecule has 152 valence electrons. The highest BCUT2D eigenvalue weighted by Gasteiger charge is 2.16. The van der Waals surface area contributed by atoms with Crippen molar-refractivity contribution in [3.8, 4) is 17.2 Å². The molecule has 9 heteroatoms. The third-order valence-electron chi connectivity index (χ3n) is 4.22. The molecule has 0 saturated carbocycles. The van der Waals surface area contributed by atoms with Gasteiger partial charge in [-0.1, -0.05) is 29.4 Å². The molecule has 0 fully saturated rings. The van der Waals surface area contributed by atoms with Gasteiger partial charge in [0.25, 0.3) is 0 Å². The second kappa shape index (κ2) is 9.67.